The van der Waals surface area contributed by atoms with E-state index < -0.39 is 0 Å². The highest BCUT2D eigenvalue weighted by Crippen LogP contribution is 2.33. The Kier molecular flexibility index (Phi) is 2.91. The van der Waals surface area contributed by atoms with Crippen LogP contribution in [0, 0.1) is 6.92 Å². The van der Waals surface area contributed by atoms with Crippen LogP contribution in [0.25, 0.3) is 10.6 Å². The van der Waals surface area contributed by atoms with Gasteiger partial charge in [-0.05, 0) is 31.4 Å². The minimum atomic E-state index is 0.811. The van der Waals surface area contributed by atoms with Crippen LogP contribution in [0.3, 0.4) is 0 Å². The molecular weight excluding hydrogens is 244 g/mol. The van der Waals surface area contributed by atoms with Crippen LogP contribution < -0.4 is 10.6 Å². The normalized spacial score (nSPS) is 15.3. The average molecular weight is 260 g/mol. The molecule has 3 rings (SSSR count). The quantitative estimate of drug-likeness (QED) is 0.843. The highest BCUT2D eigenvalue weighted by molar-refractivity contribution is 7.18. The van der Waals surface area contributed by atoms with Crippen LogP contribution in [0.5, 0.6) is 0 Å². The number of rotatable bonds is 2. The molecule has 0 bridgehead atoms. The number of benzene rings is 1. The van der Waals surface area contributed by atoms with Gasteiger partial charge in [-0.15, -0.1) is 10.2 Å². The first-order chi connectivity index (χ1) is 8.75. The van der Waals surface area contributed by atoms with E-state index in [0.29, 0.717) is 0 Å². The minimum Gasteiger partial charge on any atom is -0.398 e. The second kappa shape index (κ2) is 4.57. The SMILES string of the molecule is Cc1c(N)cccc1-c1nnc(N2CCCC2)s1. The summed E-state index contributed by atoms with van der Waals surface area (Å²) in [6.07, 6.45) is 2.51. The summed E-state index contributed by atoms with van der Waals surface area (Å²) in [4.78, 5) is 2.31. The van der Waals surface area contributed by atoms with Crippen molar-refractivity contribution in [3.63, 3.8) is 0 Å². The van der Waals surface area contributed by atoms with Gasteiger partial charge in [-0.25, -0.2) is 0 Å². The molecule has 5 heteroatoms. The molecule has 0 saturated carbocycles. The molecule has 1 aromatic heterocycles. The summed E-state index contributed by atoms with van der Waals surface area (Å²) in [5.41, 5.74) is 8.92. The third kappa shape index (κ3) is 1.95. The summed E-state index contributed by atoms with van der Waals surface area (Å²) in [6.45, 7) is 4.23. The second-order valence-electron chi connectivity index (χ2n) is 4.60. The standard InChI is InChI=1S/C13H16N4S/c1-9-10(5-4-6-11(9)14)12-15-16-13(18-12)17-7-2-3-8-17/h4-6H,2-3,7-8,14H2,1H3. The van der Waals surface area contributed by atoms with Crippen molar-refractivity contribution in [2.45, 2.75) is 19.8 Å². The Labute approximate surface area is 110 Å². The predicted molar refractivity (Wildman–Crippen MR) is 75.9 cm³/mol. The fourth-order valence-electron chi connectivity index (χ4n) is 2.25. The van der Waals surface area contributed by atoms with E-state index in [1.165, 1.54) is 12.8 Å². The molecule has 2 aromatic rings. The van der Waals surface area contributed by atoms with E-state index in [-0.39, 0.29) is 0 Å². The Balaban J connectivity index is 1.95. The van der Waals surface area contributed by atoms with Gasteiger partial charge in [0, 0.05) is 24.3 Å². The lowest BCUT2D eigenvalue weighted by Gasteiger charge is -2.11. The van der Waals surface area contributed by atoms with Gasteiger partial charge in [0.05, 0.1) is 0 Å². The number of nitrogen functional groups attached to an aromatic ring is 1. The van der Waals surface area contributed by atoms with Crippen LogP contribution in [0.4, 0.5) is 10.8 Å². The van der Waals surface area contributed by atoms with Crippen LogP contribution in [0.1, 0.15) is 18.4 Å². The smallest absolute Gasteiger partial charge is 0.208 e. The first-order valence-corrected chi connectivity index (χ1v) is 7.01. The van der Waals surface area contributed by atoms with Gasteiger partial charge in [-0.2, -0.15) is 0 Å². The topological polar surface area (TPSA) is 55.0 Å². The van der Waals surface area contributed by atoms with Crippen molar-refractivity contribution in [2.75, 3.05) is 23.7 Å². The Morgan fingerprint density at radius 3 is 2.78 bits per heavy atom. The number of anilines is 2. The van der Waals surface area contributed by atoms with E-state index in [9.17, 15) is 0 Å². The molecule has 18 heavy (non-hydrogen) atoms. The molecule has 0 atom stereocenters. The molecule has 2 N–H and O–H groups in total. The van der Waals surface area contributed by atoms with Crippen molar-refractivity contribution in [1.82, 2.24) is 10.2 Å². The lowest BCUT2D eigenvalue weighted by Crippen LogP contribution is -2.17. The molecule has 0 unspecified atom stereocenters. The van der Waals surface area contributed by atoms with E-state index in [2.05, 4.69) is 21.2 Å². The highest BCUT2D eigenvalue weighted by Gasteiger charge is 2.18. The maximum absolute atomic E-state index is 5.93. The van der Waals surface area contributed by atoms with Crippen molar-refractivity contribution in [2.24, 2.45) is 0 Å². The lowest BCUT2D eigenvalue weighted by molar-refractivity contribution is 0.929. The van der Waals surface area contributed by atoms with Crippen LogP contribution in [-0.4, -0.2) is 23.3 Å². The highest BCUT2D eigenvalue weighted by atomic mass is 32.1. The molecule has 1 saturated heterocycles. The summed E-state index contributed by atoms with van der Waals surface area (Å²) in [7, 11) is 0. The summed E-state index contributed by atoms with van der Waals surface area (Å²) in [5, 5.41) is 10.6. The van der Waals surface area contributed by atoms with Gasteiger partial charge in [0.2, 0.25) is 5.13 Å². The van der Waals surface area contributed by atoms with Gasteiger partial charge < -0.3 is 10.6 Å². The molecule has 0 radical (unpaired) electrons. The molecule has 1 aliphatic rings. The van der Waals surface area contributed by atoms with Crippen LogP contribution in [0.15, 0.2) is 18.2 Å². The number of aromatic nitrogens is 2. The van der Waals surface area contributed by atoms with Gasteiger partial charge in [-0.1, -0.05) is 23.5 Å². The summed E-state index contributed by atoms with van der Waals surface area (Å²) >= 11 is 1.65. The van der Waals surface area contributed by atoms with Gasteiger partial charge >= 0.3 is 0 Å². The Bertz CT molecular complexity index is 558. The van der Waals surface area contributed by atoms with Gasteiger partial charge in [0.1, 0.15) is 5.01 Å². The van der Waals surface area contributed by atoms with Gasteiger partial charge in [-0.3, -0.25) is 0 Å². The van der Waals surface area contributed by atoms with E-state index in [1.54, 1.807) is 11.3 Å². The fourth-order valence-corrected chi connectivity index (χ4v) is 3.22. The van der Waals surface area contributed by atoms with Crippen molar-refractivity contribution in [3.8, 4) is 10.6 Å². The van der Waals surface area contributed by atoms with Crippen LogP contribution in [-0.2, 0) is 0 Å². The molecular formula is C13H16N4S. The molecule has 0 aliphatic carbocycles. The van der Waals surface area contributed by atoms with E-state index in [4.69, 9.17) is 5.73 Å². The average Bonchev–Trinajstić information content (AvgIpc) is 3.01. The number of hydrogen-bond donors (Lipinski definition) is 1. The third-order valence-corrected chi connectivity index (χ3v) is 4.41. The van der Waals surface area contributed by atoms with Crippen molar-refractivity contribution < 1.29 is 0 Å². The summed E-state index contributed by atoms with van der Waals surface area (Å²) in [5.74, 6) is 0. The molecule has 0 spiro atoms. The van der Waals surface area contributed by atoms with E-state index in [1.807, 2.05) is 19.1 Å². The lowest BCUT2D eigenvalue weighted by atomic mass is 10.1. The zero-order chi connectivity index (χ0) is 12.5. The zero-order valence-electron chi connectivity index (χ0n) is 10.4. The second-order valence-corrected chi connectivity index (χ2v) is 5.56. The third-order valence-electron chi connectivity index (χ3n) is 3.40. The maximum Gasteiger partial charge on any atom is 0.208 e. The molecule has 1 aromatic carbocycles. The predicted octanol–water partition coefficient (Wildman–Crippen LogP) is 2.70. The van der Waals surface area contributed by atoms with Crippen LogP contribution in [0.2, 0.25) is 0 Å². The summed E-state index contributed by atoms with van der Waals surface area (Å²) < 4.78 is 0. The van der Waals surface area contributed by atoms with Crippen LogP contribution >= 0.6 is 11.3 Å². The van der Waals surface area contributed by atoms with Crippen molar-refractivity contribution >= 4 is 22.2 Å². The fraction of sp³-hybridized carbons (Fsp3) is 0.385. The molecule has 1 fully saturated rings. The molecule has 1 aliphatic heterocycles. The van der Waals surface area contributed by atoms with Crippen molar-refractivity contribution in [3.05, 3.63) is 23.8 Å². The first kappa shape index (κ1) is 11.5. The minimum absolute atomic E-state index is 0.811. The Morgan fingerprint density at radius 2 is 2.00 bits per heavy atom. The monoisotopic (exact) mass is 260 g/mol. The van der Waals surface area contributed by atoms with E-state index >= 15 is 0 Å². The molecule has 94 valence electrons. The Morgan fingerprint density at radius 1 is 1.22 bits per heavy atom. The molecule has 4 nitrogen and oxygen atoms in total. The largest absolute Gasteiger partial charge is 0.398 e. The van der Waals surface area contributed by atoms with Gasteiger partial charge in [0.15, 0.2) is 0 Å². The number of hydrogen-bond acceptors (Lipinski definition) is 5. The van der Waals surface area contributed by atoms with E-state index in [0.717, 1.165) is 40.0 Å². The molecule has 2 heterocycles. The number of nitrogens with zero attached hydrogens (tertiary/aromatic N) is 3. The first-order valence-electron chi connectivity index (χ1n) is 6.19. The molecule has 0 amide bonds. The maximum atomic E-state index is 5.93. The van der Waals surface area contributed by atoms with Gasteiger partial charge in [0.25, 0.3) is 0 Å². The number of nitrogens with two attached hydrogens (primary N) is 1. The van der Waals surface area contributed by atoms with Crippen molar-refractivity contribution in [1.29, 1.82) is 0 Å². The summed E-state index contributed by atoms with van der Waals surface area (Å²) in [6, 6.07) is 5.94. The Hall–Kier alpha value is -1.62. The zero-order valence-corrected chi connectivity index (χ0v) is 11.2.